The zero-order valence-electron chi connectivity index (χ0n) is 12.9. The molecule has 0 saturated carbocycles. The summed E-state index contributed by atoms with van der Waals surface area (Å²) in [6.45, 7) is 0.799. The normalized spacial score (nSPS) is 16.0. The number of esters is 1. The Labute approximate surface area is 134 Å². The molecule has 0 N–H and O–H groups in total. The number of rotatable bonds is 5. The minimum atomic E-state index is -0.766. The van der Waals surface area contributed by atoms with Crippen molar-refractivity contribution >= 4 is 5.97 Å². The maximum atomic E-state index is 12.2. The zero-order chi connectivity index (χ0) is 16.1. The first-order valence-electron chi connectivity index (χ1n) is 7.44. The van der Waals surface area contributed by atoms with Gasteiger partial charge in [-0.1, -0.05) is 24.3 Å². The fraction of sp³-hybridized carbons (Fsp3) is 0.278. The molecule has 0 saturated heterocycles. The van der Waals surface area contributed by atoms with Crippen LogP contribution in [0.3, 0.4) is 0 Å². The first-order chi connectivity index (χ1) is 11.3. The highest BCUT2D eigenvalue weighted by atomic mass is 16.6. The topological polar surface area (TPSA) is 54.0 Å². The Bertz CT molecular complexity index is 665. The van der Waals surface area contributed by atoms with Gasteiger partial charge in [-0.2, -0.15) is 0 Å². The van der Waals surface area contributed by atoms with Crippen molar-refractivity contribution in [3.05, 3.63) is 54.1 Å². The van der Waals surface area contributed by atoms with Crippen molar-refractivity contribution in [3.8, 4) is 17.2 Å². The van der Waals surface area contributed by atoms with Crippen LogP contribution in [-0.4, -0.2) is 32.4 Å². The van der Waals surface area contributed by atoms with Crippen molar-refractivity contribution < 1.29 is 23.7 Å². The van der Waals surface area contributed by atoms with Gasteiger partial charge in [-0.3, -0.25) is 0 Å². The molecule has 1 heterocycles. The Morgan fingerprint density at radius 2 is 1.87 bits per heavy atom. The molecule has 0 aromatic heterocycles. The van der Waals surface area contributed by atoms with E-state index in [1.54, 1.807) is 31.4 Å². The van der Waals surface area contributed by atoms with Crippen molar-refractivity contribution in [1.29, 1.82) is 0 Å². The zero-order valence-corrected chi connectivity index (χ0v) is 12.9. The fourth-order valence-corrected chi connectivity index (χ4v) is 2.26. The van der Waals surface area contributed by atoms with Crippen LogP contribution in [0.25, 0.3) is 0 Å². The van der Waals surface area contributed by atoms with Gasteiger partial charge in [-0.05, 0) is 36.2 Å². The van der Waals surface area contributed by atoms with Gasteiger partial charge in [0.15, 0.2) is 11.5 Å². The first kappa shape index (κ1) is 15.4. The molecule has 23 heavy (non-hydrogen) atoms. The summed E-state index contributed by atoms with van der Waals surface area (Å²) in [5, 5.41) is 0. The van der Waals surface area contributed by atoms with Crippen LogP contribution in [0.2, 0.25) is 0 Å². The summed E-state index contributed by atoms with van der Waals surface area (Å²) < 4.78 is 21.5. The third-order valence-electron chi connectivity index (χ3n) is 3.51. The van der Waals surface area contributed by atoms with E-state index in [1.807, 2.05) is 24.3 Å². The summed E-state index contributed by atoms with van der Waals surface area (Å²) in [5.74, 6) is 1.21. The Hall–Kier alpha value is -2.53. The lowest BCUT2D eigenvalue weighted by Crippen LogP contribution is -2.39. The number of benzene rings is 2. The van der Waals surface area contributed by atoms with E-state index < -0.39 is 12.1 Å². The third kappa shape index (κ3) is 3.81. The fourth-order valence-electron chi connectivity index (χ4n) is 2.26. The molecule has 1 atom stereocenters. The van der Waals surface area contributed by atoms with Crippen LogP contribution in [0.5, 0.6) is 17.2 Å². The molecule has 2 aromatic carbocycles. The Morgan fingerprint density at radius 1 is 1.13 bits per heavy atom. The lowest BCUT2D eigenvalue weighted by molar-refractivity contribution is -0.144. The molecule has 0 spiro atoms. The lowest BCUT2D eigenvalue weighted by Gasteiger charge is -2.24. The minimum absolute atomic E-state index is 0.141. The highest BCUT2D eigenvalue weighted by molar-refractivity contribution is 5.78. The predicted octanol–water partition coefficient (Wildman–Crippen LogP) is 2.62. The van der Waals surface area contributed by atoms with E-state index in [2.05, 4.69) is 0 Å². The molecule has 5 heteroatoms. The summed E-state index contributed by atoms with van der Waals surface area (Å²) in [7, 11) is 1.67. The summed E-state index contributed by atoms with van der Waals surface area (Å²) in [5.41, 5.74) is 1.12. The average Bonchev–Trinajstić information content (AvgIpc) is 2.60. The highest BCUT2D eigenvalue weighted by Crippen LogP contribution is 2.31. The number of carbonyl (C=O) groups is 1. The number of fused-ring (bicyclic) bond motifs is 1. The summed E-state index contributed by atoms with van der Waals surface area (Å²) in [6.07, 6.45) is 0.0548. The van der Waals surface area contributed by atoms with E-state index in [0.29, 0.717) is 23.9 Å². The maximum Gasteiger partial charge on any atom is 0.356 e. The predicted molar refractivity (Wildman–Crippen MR) is 84.0 cm³/mol. The molecular weight excluding hydrogens is 296 g/mol. The smallest absolute Gasteiger partial charge is 0.356 e. The molecular formula is C18H18O5. The van der Waals surface area contributed by atoms with E-state index in [4.69, 9.17) is 18.9 Å². The summed E-state index contributed by atoms with van der Waals surface area (Å²) >= 11 is 0. The number of hydrogen-bond acceptors (Lipinski definition) is 5. The van der Waals surface area contributed by atoms with Crippen LogP contribution < -0.4 is 14.2 Å². The minimum Gasteiger partial charge on any atom is -0.485 e. The van der Waals surface area contributed by atoms with Gasteiger partial charge in [0, 0.05) is 7.11 Å². The van der Waals surface area contributed by atoms with Gasteiger partial charge in [0.05, 0.1) is 6.61 Å². The lowest BCUT2D eigenvalue weighted by atomic mass is 10.1. The first-order valence-corrected chi connectivity index (χ1v) is 7.44. The van der Waals surface area contributed by atoms with Gasteiger partial charge in [0.2, 0.25) is 6.10 Å². The van der Waals surface area contributed by atoms with E-state index in [-0.39, 0.29) is 6.61 Å². The Morgan fingerprint density at radius 3 is 2.61 bits per heavy atom. The molecule has 0 bridgehead atoms. The number of methoxy groups -OCH3 is 1. The average molecular weight is 314 g/mol. The second kappa shape index (κ2) is 7.15. The molecule has 1 aliphatic rings. The van der Waals surface area contributed by atoms with Crippen LogP contribution in [0.15, 0.2) is 48.5 Å². The van der Waals surface area contributed by atoms with Gasteiger partial charge < -0.3 is 18.9 Å². The molecule has 0 aliphatic carbocycles. The van der Waals surface area contributed by atoms with Gasteiger partial charge in [-0.25, -0.2) is 4.79 Å². The van der Waals surface area contributed by atoms with Crippen LogP contribution in [-0.2, 0) is 16.0 Å². The van der Waals surface area contributed by atoms with E-state index >= 15 is 0 Å². The number of ether oxygens (including phenoxy) is 4. The van der Waals surface area contributed by atoms with Crippen molar-refractivity contribution in [2.75, 3.05) is 20.3 Å². The Balaban J connectivity index is 1.59. The van der Waals surface area contributed by atoms with E-state index in [9.17, 15) is 4.79 Å². The van der Waals surface area contributed by atoms with Gasteiger partial charge in [0.1, 0.15) is 12.4 Å². The molecule has 0 radical (unpaired) electrons. The van der Waals surface area contributed by atoms with Crippen LogP contribution in [0.4, 0.5) is 0 Å². The SMILES string of the molecule is COCCc1ccc(OC(=O)[C@H]2COc3ccccc3O2)cc1. The van der Waals surface area contributed by atoms with Crippen LogP contribution in [0, 0.1) is 0 Å². The van der Waals surface area contributed by atoms with E-state index in [1.165, 1.54) is 0 Å². The molecule has 5 nitrogen and oxygen atoms in total. The molecule has 2 aromatic rings. The van der Waals surface area contributed by atoms with Gasteiger partial charge in [-0.15, -0.1) is 0 Å². The number of para-hydroxylation sites is 2. The standard InChI is InChI=1S/C18H18O5/c1-20-11-10-13-6-8-14(9-7-13)22-18(19)17-12-21-15-4-2-3-5-16(15)23-17/h2-9,17H,10-12H2,1H3/t17-/m1/s1. The second-order valence-corrected chi connectivity index (χ2v) is 5.17. The number of hydrogen-bond donors (Lipinski definition) is 0. The van der Waals surface area contributed by atoms with Gasteiger partial charge >= 0.3 is 5.97 Å². The van der Waals surface area contributed by atoms with Crippen LogP contribution >= 0.6 is 0 Å². The molecule has 120 valence electrons. The molecule has 0 amide bonds. The quantitative estimate of drug-likeness (QED) is 0.627. The van der Waals surface area contributed by atoms with Crippen molar-refractivity contribution in [1.82, 2.24) is 0 Å². The highest BCUT2D eigenvalue weighted by Gasteiger charge is 2.29. The van der Waals surface area contributed by atoms with Crippen LogP contribution in [0.1, 0.15) is 5.56 Å². The summed E-state index contributed by atoms with van der Waals surface area (Å²) in [4.78, 5) is 12.2. The third-order valence-corrected chi connectivity index (χ3v) is 3.51. The van der Waals surface area contributed by atoms with E-state index in [0.717, 1.165) is 12.0 Å². The maximum absolute atomic E-state index is 12.2. The molecule has 0 unspecified atom stereocenters. The van der Waals surface area contributed by atoms with Crippen molar-refractivity contribution in [2.24, 2.45) is 0 Å². The molecule has 3 rings (SSSR count). The monoisotopic (exact) mass is 314 g/mol. The molecule has 0 fully saturated rings. The van der Waals surface area contributed by atoms with Gasteiger partial charge in [0.25, 0.3) is 0 Å². The van der Waals surface area contributed by atoms with Crippen molar-refractivity contribution in [3.63, 3.8) is 0 Å². The number of carbonyl (C=O) groups excluding carboxylic acids is 1. The Kier molecular flexibility index (Phi) is 4.78. The van der Waals surface area contributed by atoms with Crippen molar-refractivity contribution in [2.45, 2.75) is 12.5 Å². The largest absolute Gasteiger partial charge is 0.485 e. The molecule has 1 aliphatic heterocycles. The second-order valence-electron chi connectivity index (χ2n) is 5.17. The summed E-state index contributed by atoms with van der Waals surface area (Å²) in [6, 6.07) is 14.6.